The van der Waals surface area contributed by atoms with Crippen LogP contribution in [0.3, 0.4) is 0 Å². The third kappa shape index (κ3) is 5.07. The van der Waals surface area contributed by atoms with Gasteiger partial charge in [-0.2, -0.15) is 0 Å². The van der Waals surface area contributed by atoms with E-state index < -0.39 is 0 Å². The van der Waals surface area contributed by atoms with Gasteiger partial charge in [0.1, 0.15) is 0 Å². The van der Waals surface area contributed by atoms with Gasteiger partial charge in [0, 0.05) is 19.7 Å². The van der Waals surface area contributed by atoms with Crippen LogP contribution in [0.4, 0.5) is 0 Å². The van der Waals surface area contributed by atoms with Crippen molar-refractivity contribution in [3.63, 3.8) is 0 Å². The van der Waals surface area contributed by atoms with E-state index in [1.807, 2.05) is 13.2 Å². The number of aryl methyl sites for hydroxylation is 1. The summed E-state index contributed by atoms with van der Waals surface area (Å²) in [5.74, 6) is 0. The molecular formula is C12H22N4. The fourth-order valence-electron chi connectivity index (χ4n) is 1.56. The summed E-state index contributed by atoms with van der Waals surface area (Å²) in [5, 5.41) is 11.4. The Kier molecular flexibility index (Phi) is 5.78. The van der Waals surface area contributed by atoms with Crippen LogP contribution in [0.25, 0.3) is 0 Å². The lowest BCUT2D eigenvalue weighted by molar-refractivity contribution is 0.676. The van der Waals surface area contributed by atoms with Crippen LogP contribution in [-0.4, -0.2) is 28.1 Å². The molecule has 16 heavy (non-hydrogen) atoms. The van der Waals surface area contributed by atoms with Crippen molar-refractivity contribution < 1.29 is 0 Å². The third-order valence-corrected chi connectivity index (χ3v) is 2.35. The van der Waals surface area contributed by atoms with Crippen LogP contribution >= 0.6 is 0 Å². The normalized spacial score (nSPS) is 12.1. The van der Waals surface area contributed by atoms with Crippen molar-refractivity contribution in [1.82, 2.24) is 20.3 Å². The second-order valence-electron chi connectivity index (χ2n) is 4.15. The summed E-state index contributed by atoms with van der Waals surface area (Å²) in [6.45, 7) is 6.50. The number of rotatable bonds is 7. The summed E-state index contributed by atoms with van der Waals surface area (Å²) in [4.78, 5) is 0. The molecule has 1 heterocycles. The first-order valence-electron chi connectivity index (χ1n) is 5.94. The van der Waals surface area contributed by atoms with Gasteiger partial charge in [-0.25, -0.2) is 0 Å². The van der Waals surface area contributed by atoms with Crippen molar-refractivity contribution in [3.8, 4) is 0 Å². The van der Waals surface area contributed by atoms with Gasteiger partial charge < -0.3 is 5.32 Å². The molecule has 4 nitrogen and oxygen atoms in total. The molecule has 0 aromatic carbocycles. The van der Waals surface area contributed by atoms with Crippen LogP contribution < -0.4 is 5.32 Å². The molecule has 90 valence electrons. The largest absolute Gasteiger partial charge is 0.316 e. The highest BCUT2D eigenvalue weighted by molar-refractivity contribution is 5.09. The lowest BCUT2D eigenvalue weighted by Gasteiger charge is -2.00. The van der Waals surface area contributed by atoms with Crippen LogP contribution in [0.15, 0.2) is 17.8 Å². The highest BCUT2D eigenvalue weighted by Gasteiger charge is 1.98. The predicted molar refractivity (Wildman–Crippen MR) is 66.2 cm³/mol. The fourth-order valence-corrected chi connectivity index (χ4v) is 1.56. The maximum atomic E-state index is 4.07. The zero-order chi connectivity index (χ0) is 11.8. The van der Waals surface area contributed by atoms with Crippen molar-refractivity contribution in [2.24, 2.45) is 7.05 Å². The van der Waals surface area contributed by atoms with Gasteiger partial charge in [-0.3, -0.25) is 4.68 Å². The average molecular weight is 222 g/mol. The van der Waals surface area contributed by atoms with Gasteiger partial charge in [0.15, 0.2) is 0 Å². The summed E-state index contributed by atoms with van der Waals surface area (Å²) < 4.78 is 1.74. The molecule has 0 bridgehead atoms. The molecule has 0 aliphatic heterocycles. The Morgan fingerprint density at radius 1 is 1.50 bits per heavy atom. The first-order chi connectivity index (χ1) is 7.72. The number of allylic oxidation sites excluding steroid dienone is 1. The fraction of sp³-hybridized carbons (Fsp3) is 0.667. The van der Waals surface area contributed by atoms with Crippen molar-refractivity contribution in [2.45, 2.75) is 33.1 Å². The average Bonchev–Trinajstić information content (AvgIpc) is 2.63. The molecule has 0 radical (unpaired) electrons. The van der Waals surface area contributed by atoms with Crippen LogP contribution in [0.5, 0.6) is 0 Å². The zero-order valence-corrected chi connectivity index (χ0v) is 10.5. The maximum Gasteiger partial charge on any atom is 0.0867 e. The SMILES string of the molecule is CCCNCC/C=C(/C)Cc1cn(C)nn1. The van der Waals surface area contributed by atoms with Crippen LogP contribution in [0, 0.1) is 0 Å². The number of hydrogen-bond acceptors (Lipinski definition) is 3. The summed E-state index contributed by atoms with van der Waals surface area (Å²) in [7, 11) is 1.89. The lowest BCUT2D eigenvalue weighted by Crippen LogP contribution is -2.15. The molecule has 0 atom stereocenters. The molecule has 1 aromatic rings. The Balaban J connectivity index is 2.23. The van der Waals surface area contributed by atoms with Crippen molar-refractivity contribution in [2.75, 3.05) is 13.1 Å². The quantitative estimate of drug-likeness (QED) is 0.564. The monoisotopic (exact) mass is 222 g/mol. The van der Waals surface area contributed by atoms with E-state index in [0.29, 0.717) is 0 Å². The van der Waals surface area contributed by atoms with E-state index in [9.17, 15) is 0 Å². The number of nitrogens with one attached hydrogen (secondary N) is 1. The number of nitrogens with zero attached hydrogens (tertiary/aromatic N) is 3. The molecule has 0 aliphatic carbocycles. The van der Waals surface area contributed by atoms with Crippen LogP contribution in [0.2, 0.25) is 0 Å². The molecule has 0 unspecified atom stereocenters. The van der Waals surface area contributed by atoms with E-state index in [-0.39, 0.29) is 0 Å². The molecule has 1 rings (SSSR count). The predicted octanol–water partition coefficient (Wildman–Crippen LogP) is 1.69. The lowest BCUT2D eigenvalue weighted by atomic mass is 10.1. The summed E-state index contributed by atoms with van der Waals surface area (Å²) in [6.07, 6.45) is 7.43. The van der Waals surface area contributed by atoms with E-state index in [2.05, 4.69) is 35.6 Å². The second kappa shape index (κ2) is 7.17. The summed E-state index contributed by atoms with van der Waals surface area (Å²) in [6, 6.07) is 0. The van der Waals surface area contributed by atoms with Crippen LogP contribution in [-0.2, 0) is 13.5 Å². The van der Waals surface area contributed by atoms with Crippen LogP contribution in [0.1, 0.15) is 32.4 Å². The first kappa shape index (κ1) is 12.9. The minimum Gasteiger partial charge on any atom is -0.316 e. The molecule has 0 amide bonds. The third-order valence-electron chi connectivity index (χ3n) is 2.35. The summed E-state index contributed by atoms with van der Waals surface area (Å²) >= 11 is 0. The highest BCUT2D eigenvalue weighted by atomic mass is 15.4. The van der Waals surface area contributed by atoms with Gasteiger partial charge in [0.05, 0.1) is 5.69 Å². The minimum atomic E-state index is 0.904. The molecule has 0 spiro atoms. The van der Waals surface area contributed by atoms with E-state index in [0.717, 1.165) is 31.6 Å². The van der Waals surface area contributed by atoms with Crippen molar-refractivity contribution in [1.29, 1.82) is 0 Å². The second-order valence-corrected chi connectivity index (χ2v) is 4.15. The Morgan fingerprint density at radius 2 is 2.31 bits per heavy atom. The zero-order valence-electron chi connectivity index (χ0n) is 10.5. The smallest absolute Gasteiger partial charge is 0.0867 e. The molecule has 4 heteroatoms. The van der Waals surface area contributed by atoms with E-state index in [1.165, 1.54) is 12.0 Å². The molecular weight excluding hydrogens is 200 g/mol. The molecule has 1 N–H and O–H groups in total. The summed E-state index contributed by atoms with van der Waals surface area (Å²) in [5.41, 5.74) is 2.40. The van der Waals surface area contributed by atoms with E-state index >= 15 is 0 Å². The standard InChI is InChI=1S/C12H22N4/c1-4-7-13-8-5-6-11(2)9-12-10-16(3)15-14-12/h6,10,13H,4-5,7-9H2,1-3H3/b11-6-. The topological polar surface area (TPSA) is 42.7 Å². The molecule has 0 fully saturated rings. The maximum absolute atomic E-state index is 4.07. The molecule has 0 saturated heterocycles. The van der Waals surface area contributed by atoms with Gasteiger partial charge >= 0.3 is 0 Å². The Morgan fingerprint density at radius 3 is 2.94 bits per heavy atom. The van der Waals surface area contributed by atoms with Gasteiger partial charge in [0.25, 0.3) is 0 Å². The van der Waals surface area contributed by atoms with E-state index in [1.54, 1.807) is 4.68 Å². The molecule has 0 aliphatic rings. The van der Waals surface area contributed by atoms with Gasteiger partial charge in [0.2, 0.25) is 0 Å². The van der Waals surface area contributed by atoms with Gasteiger partial charge in [-0.1, -0.05) is 23.8 Å². The van der Waals surface area contributed by atoms with Gasteiger partial charge in [-0.15, -0.1) is 5.10 Å². The Bertz CT molecular complexity index is 328. The Hall–Kier alpha value is -1.16. The number of aromatic nitrogens is 3. The number of hydrogen-bond donors (Lipinski definition) is 1. The highest BCUT2D eigenvalue weighted by Crippen LogP contribution is 2.04. The van der Waals surface area contributed by atoms with Crippen molar-refractivity contribution in [3.05, 3.63) is 23.5 Å². The molecule has 0 saturated carbocycles. The molecule has 1 aromatic heterocycles. The minimum absolute atomic E-state index is 0.904. The van der Waals surface area contributed by atoms with Crippen molar-refractivity contribution >= 4 is 0 Å². The Labute approximate surface area is 97.7 Å². The van der Waals surface area contributed by atoms with Gasteiger partial charge in [-0.05, 0) is 32.9 Å². The first-order valence-corrected chi connectivity index (χ1v) is 5.94. The van der Waals surface area contributed by atoms with E-state index in [4.69, 9.17) is 0 Å².